The van der Waals surface area contributed by atoms with E-state index in [0.717, 1.165) is 28.7 Å². The zero-order valence-electron chi connectivity index (χ0n) is 7.14. The van der Waals surface area contributed by atoms with Crippen LogP contribution in [0.3, 0.4) is 0 Å². The molecule has 2 nitrogen and oxygen atoms in total. The average Bonchev–Trinajstić information content (AvgIpc) is 2.30. The third-order valence-electron chi connectivity index (χ3n) is 2.25. The number of fused-ring (bicyclic) bond motifs is 1. The fraction of sp³-hybridized carbons (Fsp3) is 0.300. The molecular weight excluding hydrogens is 230 g/mol. The minimum absolute atomic E-state index is 0.237. The number of carbonyl (C=O) groups is 1. The molecule has 2 rings (SSSR count). The van der Waals surface area contributed by atoms with E-state index in [-0.39, 0.29) is 5.78 Å². The summed E-state index contributed by atoms with van der Waals surface area (Å²) >= 11 is 3.45. The van der Waals surface area contributed by atoms with Crippen LogP contribution in [0.15, 0.2) is 22.7 Å². The minimum Gasteiger partial charge on any atom is -0.312 e. The largest absolute Gasteiger partial charge is 0.312 e. The summed E-state index contributed by atoms with van der Waals surface area (Å²) in [5.41, 5.74) is 1.95. The molecule has 0 aliphatic carbocycles. The SMILES string of the molecule is O=C1CCNCc2c(Br)cccc21. The van der Waals surface area contributed by atoms with Gasteiger partial charge in [0.15, 0.2) is 5.78 Å². The van der Waals surface area contributed by atoms with Gasteiger partial charge in [0, 0.05) is 29.5 Å². The van der Waals surface area contributed by atoms with Gasteiger partial charge in [-0.2, -0.15) is 0 Å². The molecule has 3 heteroatoms. The normalized spacial score (nSPS) is 16.5. The van der Waals surface area contributed by atoms with Crippen molar-refractivity contribution < 1.29 is 4.79 Å². The van der Waals surface area contributed by atoms with Crippen molar-refractivity contribution in [2.45, 2.75) is 13.0 Å². The second-order valence-electron chi connectivity index (χ2n) is 3.12. The lowest BCUT2D eigenvalue weighted by atomic mass is 10.0. The Hall–Kier alpha value is -0.670. The first kappa shape index (κ1) is 8.91. The van der Waals surface area contributed by atoms with E-state index in [1.54, 1.807) is 0 Å². The predicted octanol–water partition coefficient (Wildman–Crippen LogP) is 2.13. The van der Waals surface area contributed by atoms with Crippen LogP contribution in [0, 0.1) is 0 Å². The van der Waals surface area contributed by atoms with Gasteiger partial charge < -0.3 is 5.32 Å². The highest BCUT2D eigenvalue weighted by Gasteiger charge is 2.16. The van der Waals surface area contributed by atoms with Crippen molar-refractivity contribution >= 4 is 21.7 Å². The summed E-state index contributed by atoms with van der Waals surface area (Å²) in [6, 6.07) is 5.78. The summed E-state index contributed by atoms with van der Waals surface area (Å²) in [6.45, 7) is 1.56. The predicted molar refractivity (Wildman–Crippen MR) is 54.8 cm³/mol. The van der Waals surface area contributed by atoms with E-state index in [9.17, 15) is 4.79 Å². The van der Waals surface area contributed by atoms with Crippen molar-refractivity contribution in [3.8, 4) is 0 Å². The molecule has 1 aliphatic rings. The quantitative estimate of drug-likeness (QED) is 0.752. The molecule has 1 N–H and O–H groups in total. The maximum absolute atomic E-state index is 11.6. The van der Waals surface area contributed by atoms with Gasteiger partial charge in [0.2, 0.25) is 0 Å². The second-order valence-corrected chi connectivity index (χ2v) is 3.97. The highest BCUT2D eigenvalue weighted by molar-refractivity contribution is 9.10. The van der Waals surface area contributed by atoms with E-state index in [1.165, 1.54) is 0 Å². The van der Waals surface area contributed by atoms with E-state index < -0.39 is 0 Å². The van der Waals surface area contributed by atoms with Gasteiger partial charge in [0.05, 0.1) is 0 Å². The zero-order valence-corrected chi connectivity index (χ0v) is 8.73. The van der Waals surface area contributed by atoms with Crippen LogP contribution in [0.4, 0.5) is 0 Å². The Morgan fingerprint density at radius 3 is 3.08 bits per heavy atom. The van der Waals surface area contributed by atoms with Crippen LogP contribution in [-0.2, 0) is 6.54 Å². The van der Waals surface area contributed by atoms with Crippen LogP contribution in [0.25, 0.3) is 0 Å². The molecule has 1 aromatic rings. The molecule has 0 saturated carbocycles. The van der Waals surface area contributed by atoms with Gasteiger partial charge in [0.1, 0.15) is 0 Å². The molecule has 0 amide bonds. The minimum atomic E-state index is 0.237. The lowest BCUT2D eigenvalue weighted by Gasteiger charge is -2.05. The second kappa shape index (κ2) is 3.60. The molecule has 0 fully saturated rings. The smallest absolute Gasteiger partial charge is 0.164 e. The van der Waals surface area contributed by atoms with E-state index in [4.69, 9.17) is 0 Å². The van der Waals surface area contributed by atoms with Gasteiger partial charge in [0.25, 0.3) is 0 Å². The molecule has 0 bridgehead atoms. The maximum Gasteiger partial charge on any atom is 0.164 e. The highest BCUT2D eigenvalue weighted by Crippen LogP contribution is 2.23. The van der Waals surface area contributed by atoms with E-state index in [0.29, 0.717) is 6.42 Å². The third kappa shape index (κ3) is 1.67. The van der Waals surface area contributed by atoms with E-state index in [1.807, 2.05) is 18.2 Å². The van der Waals surface area contributed by atoms with Gasteiger partial charge in [-0.15, -0.1) is 0 Å². The maximum atomic E-state index is 11.6. The third-order valence-corrected chi connectivity index (χ3v) is 2.99. The van der Waals surface area contributed by atoms with Crippen molar-refractivity contribution in [1.82, 2.24) is 5.32 Å². The van der Waals surface area contributed by atoms with Gasteiger partial charge in [-0.3, -0.25) is 4.79 Å². The molecular formula is C10H10BrNO. The molecule has 1 aromatic carbocycles. The summed E-state index contributed by atoms with van der Waals surface area (Å²) < 4.78 is 1.02. The van der Waals surface area contributed by atoms with Crippen molar-refractivity contribution in [2.24, 2.45) is 0 Å². The number of hydrogen-bond donors (Lipinski definition) is 1. The number of benzene rings is 1. The summed E-state index contributed by atoms with van der Waals surface area (Å²) in [5, 5.41) is 3.22. The fourth-order valence-electron chi connectivity index (χ4n) is 1.55. The Kier molecular flexibility index (Phi) is 2.47. The number of ketones is 1. The lowest BCUT2D eigenvalue weighted by molar-refractivity contribution is 0.0985. The number of halogens is 1. The zero-order chi connectivity index (χ0) is 9.26. The summed E-state index contributed by atoms with van der Waals surface area (Å²) in [7, 11) is 0. The number of Topliss-reactive ketones (excluding diaryl/α,β-unsaturated/α-hetero) is 1. The number of carbonyl (C=O) groups excluding carboxylic acids is 1. The summed E-state index contributed by atoms with van der Waals surface area (Å²) in [4.78, 5) is 11.6. The molecule has 1 heterocycles. The molecule has 68 valence electrons. The van der Waals surface area contributed by atoms with Crippen molar-refractivity contribution in [3.63, 3.8) is 0 Å². The first-order valence-electron chi connectivity index (χ1n) is 4.30. The molecule has 0 saturated heterocycles. The molecule has 1 aliphatic heterocycles. The standard InChI is InChI=1S/C10H10BrNO/c11-9-3-1-2-7-8(9)6-12-5-4-10(7)13/h1-3,12H,4-6H2. The van der Waals surface area contributed by atoms with Crippen LogP contribution < -0.4 is 5.32 Å². The summed E-state index contributed by atoms with van der Waals surface area (Å²) in [5.74, 6) is 0.237. The first-order valence-corrected chi connectivity index (χ1v) is 5.09. The Morgan fingerprint density at radius 1 is 1.38 bits per heavy atom. The van der Waals surface area contributed by atoms with Gasteiger partial charge in [-0.1, -0.05) is 28.1 Å². The van der Waals surface area contributed by atoms with Crippen molar-refractivity contribution in [1.29, 1.82) is 0 Å². The molecule has 13 heavy (non-hydrogen) atoms. The van der Waals surface area contributed by atoms with Crippen molar-refractivity contribution in [3.05, 3.63) is 33.8 Å². The molecule has 0 unspecified atom stereocenters. The van der Waals surface area contributed by atoms with E-state index >= 15 is 0 Å². The fourth-order valence-corrected chi connectivity index (χ4v) is 2.06. The van der Waals surface area contributed by atoms with Gasteiger partial charge in [-0.25, -0.2) is 0 Å². The van der Waals surface area contributed by atoms with Crippen LogP contribution in [0.5, 0.6) is 0 Å². The molecule has 0 atom stereocenters. The number of nitrogens with one attached hydrogen (secondary N) is 1. The molecule has 0 radical (unpaired) electrons. The lowest BCUT2D eigenvalue weighted by Crippen LogP contribution is -2.12. The Balaban J connectivity index is 2.54. The Bertz CT molecular complexity index is 349. The first-order chi connectivity index (χ1) is 6.29. The Labute approximate surface area is 85.5 Å². The van der Waals surface area contributed by atoms with Crippen LogP contribution in [0.2, 0.25) is 0 Å². The van der Waals surface area contributed by atoms with E-state index in [2.05, 4.69) is 21.2 Å². The number of rotatable bonds is 0. The topological polar surface area (TPSA) is 29.1 Å². The van der Waals surface area contributed by atoms with Gasteiger partial charge in [-0.05, 0) is 11.6 Å². The van der Waals surface area contributed by atoms with Crippen molar-refractivity contribution in [2.75, 3.05) is 6.54 Å². The molecule has 0 aromatic heterocycles. The van der Waals surface area contributed by atoms with Crippen LogP contribution in [-0.4, -0.2) is 12.3 Å². The molecule has 0 spiro atoms. The number of hydrogen-bond acceptors (Lipinski definition) is 2. The average molecular weight is 240 g/mol. The van der Waals surface area contributed by atoms with Gasteiger partial charge >= 0.3 is 0 Å². The summed E-state index contributed by atoms with van der Waals surface area (Å²) in [6.07, 6.45) is 0.601. The van der Waals surface area contributed by atoms with Crippen LogP contribution in [0.1, 0.15) is 22.3 Å². The highest BCUT2D eigenvalue weighted by atomic mass is 79.9. The van der Waals surface area contributed by atoms with Crippen LogP contribution >= 0.6 is 15.9 Å². The Morgan fingerprint density at radius 2 is 2.23 bits per heavy atom. The monoisotopic (exact) mass is 239 g/mol.